The average Bonchev–Trinajstić information content (AvgIpc) is 2.76. The molecule has 0 spiro atoms. The van der Waals surface area contributed by atoms with E-state index in [0.717, 1.165) is 17.4 Å². The summed E-state index contributed by atoms with van der Waals surface area (Å²) in [7, 11) is 0. The Labute approximate surface area is 195 Å². The molecule has 1 aliphatic heterocycles. The predicted octanol–water partition coefficient (Wildman–Crippen LogP) is 4.25. The van der Waals surface area contributed by atoms with Gasteiger partial charge in [0.1, 0.15) is 0 Å². The second-order valence-corrected chi connectivity index (χ2v) is 8.98. The number of halogens is 1. The first-order chi connectivity index (χ1) is 15.2. The van der Waals surface area contributed by atoms with Crippen LogP contribution < -0.4 is 4.90 Å². The van der Waals surface area contributed by atoms with Gasteiger partial charge in [-0.05, 0) is 44.2 Å². The van der Waals surface area contributed by atoms with Gasteiger partial charge in [-0.3, -0.25) is 19.7 Å². The van der Waals surface area contributed by atoms with Crippen molar-refractivity contribution in [1.82, 2.24) is 4.90 Å². The molecule has 2 aromatic carbocycles. The Bertz CT molecular complexity index is 1010. The molecule has 32 heavy (non-hydrogen) atoms. The quantitative estimate of drug-likeness (QED) is 0.254. The summed E-state index contributed by atoms with van der Waals surface area (Å²) in [6, 6.07) is 11.9. The van der Waals surface area contributed by atoms with E-state index in [4.69, 9.17) is 16.3 Å². The summed E-state index contributed by atoms with van der Waals surface area (Å²) in [5.74, 6) is -0.746. The minimum atomic E-state index is -0.538. The van der Waals surface area contributed by atoms with E-state index in [-0.39, 0.29) is 29.0 Å². The Hall–Kier alpha value is -2.78. The van der Waals surface area contributed by atoms with Crippen molar-refractivity contribution in [3.05, 3.63) is 63.2 Å². The van der Waals surface area contributed by atoms with Gasteiger partial charge in [0.25, 0.3) is 11.6 Å². The summed E-state index contributed by atoms with van der Waals surface area (Å²) in [4.78, 5) is 39.9. The van der Waals surface area contributed by atoms with Gasteiger partial charge in [0.15, 0.2) is 0 Å². The van der Waals surface area contributed by atoms with Gasteiger partial charge in [-0.1, -0.05) is 17.7 Å². The SMILES string of the molecule is CC(C)OC(=O)CSc1ccc(C(=O)N2CCN(c3cccc(Cl)c3)CC2)cc1[N+](=O)[O-]. The van der Waals surface area contributed by atoms with Crippen LogP contribution in [0, 0.1) is 10.1 Å². The number of rotatable bonds is 7. The van der Waals surface area contributed by atoms with Gasteiger partial charge in [-0.2, -0.15) is 0 Å². The van der Waals surface area contributed by atoms with Gasteiger partial charge in [-0.15, -0.1) is 11.8 Å². The lowest BCUT2D eigenvalue weighted by Gasteiger charge is -2.36. The van der Waals surface area contributed by atoms with Crippen LogP contribution in [0.5, 0.6) is 0 Å². The largest absolute Gasteiger partial charge is 0.462 e. The Morgan fingerprint density at radius 3 is 2.50 bits per heavy atom. The Morgan fingerprint density at radius 2 is 1.88 bits per heavy atom. The zero-order valence-corrected chi connectivity index (χ0v) is 19.4. The zero-order chi connectivity index (χ0) is 23.3. The van der Waals surface area contributed by atoms with Crippen LogP contribution in [0.15, 0.2) is 47.4 Å². The summed E-state index contributed by atoms with van der Waals surface area (Å²) in [5.41, 5.74) is 1.05. The third-order valence-corrected chi connectivity index (χ3v) is 6.13. The maximum Gasteiger partial charge on any atom is 0.316 e. The van der Waals surface area contributed by atoms with Crippen molar-refractivity contribution in [1.29, 1.82) is 0 Å². The van der Waals surface area contributed by atoms with E-state index in [1.54, 1.807) is 24.8 Å². The molecule has 3 rings (SSSR count). The molecule has 0 saturated carbocycles. The molecule has 170 valence electrons. The molecule has 0 unspecified atom stereocenters. The number of hydrogen-bond acceptors (Lipinski definition) is 7. The van der Waals surface area contributed by atoms with Crippen molar-refractivity contribution < 1.29 is 19.2 Å². The monoisotopic (exact) mass is 477 g/mol. The minimum Gasteiger partial charge on any atom is -0.462 e. The van der Waals surface area contributed by atoms with Crippen molar-refractivity contribution in [3.8, 4) is 0 Å². The highest BCUT2D eigenvalue weighted by Crippen LogP contribution is 2.31. The van der Waals surface area contributed by atoms with E-state index >= 15 is 0 Å². The molecule has 0 aromatic heterocycles. The van der Waals surface area contributed by atoms with E-state index in [1.165, 1.54) is 12.1 Å². The van der Waals surface area contributed by atoms with Crippen molar-refractivity contribution in [3.63, 3.8) is 0 Å². The molecule has 1 saturated heterocycles. The Balaban J connectivity index is 1.66. The average molecular weight is 478 g/mol. The Kier molecular flexibility index (Phi) is 7.98. The molecule has 1 fully saturated rings. The molecule has 0 radical (unpaired) electrons. The first-order valence-corrected chi connectivity index (χ1v) is 11.5. The number of nitro groups is 1. The standard InChI is InChI=1S/C22H24ClN3O5S/c1-15(2)31-21(27)14-32-20-7-6-16(12-19(20)26(29)30)22(28)25-10-8-24(9-11-25)18-5-3-4-17(23)13-18/h3-7,12-13,15H,8-11,14H2,1-2H3. The number of hydrogen-bond donors (Lipinski definition) is 0. The van der Waals surface area contributed by atoms with Crippen LogP contribution in [0.3, 0.4) is 0 Å². The normalized spacial score (nSPS) is 13.9. The second kappa shape index (κ2) is 10.7. The van der Waals surface area contributed by atoms with Gasteiger partial charge in [0, 0.05) is 48.5 Å². The number of ether oxygens (including phenoxy) is 1. The first kappa shape index (κ1) is 23.9. The number of amides is 1. The van der Waals surface area contributed by atoms with Crippen LogP contribution in [0.2, 0.25) is 5.02 Å². The number of nitro benzene ring substituents is 1. The highest BCUT2D eigenvalue weighted by Gasteiger charge is 2.25. The van der Waals surface area contributed by atoms with Crippen molar-refractivity contribution in [2.24, 2.45) is 0 Å². The molecule has 10 heteroatoms. The lowest BCUT2D eigenvalue weighted by atomic mass is 10.1. The number of carbonyl (C=O) groups excluding carboxylic acids is 2. The first-order valence-electron chi connectivity index (χ1n) is 10.1. The molecule has 0 atom stereocenters. The number of carbonyl (C=O) groups is 2. The number of anilines is 1. The number of thioether (sulfide) groups is 1. The number of nitrogens with zero attached hydrogens (tertiary/aromatic N) is 3. The van der Waals surface area contributed by atoms with Crippen molar-refractivity contribution in [2.75, 3.05) is 36.8 Å². The van der Waals surface area contributed by atoms with E-state index in [0.29, 0.717) is 36.1 Å². The summed E-state index contributed by atoms with van der Waals surface area (Å²) in [6.07, 6.45) is -0.252. The summed E-state index contributed by atoms with van der Waals surface area (Å²) in [6.45, 7) is 5.74. The molecule has 2 aromatic rings. The molecule has 1 aliphatic rings. The molecular formula is C22H24ClN3O5S. The fraction of sp³-hybridized carbons (Fsp3) is 0.364. The van der Waals surface area contributed by atoms with Gasteiger partial charge in [0.05, 0.1) is 21.7 Å². The fourth-order valence-corrected chi connectivity index (χ4v) is 4.34. The number of esters is 1. The van der Waals surface area contributed by atoms with Crippen LogP contribution in [-0.2, 0) is 9.53 Å². The highest BCUT2D eigenvalue weighted by atomic mass is 35.5. The number of piperazine rings is 1. The van der Waals surface area contributed by atoms with Crippen LogP contribution in [0.4, 0.5) is 11.4 Å². The second-order valence-electron chi connectivity index (χ2n) is 7.53. The lowest BCUT2D eigenvalue weighted by Crippen LogP contribution is -2.48. The molecule has 8 nitrogen and oxygen atoms in total. The van der Waals surface area contributed by atoms with Crippen LogP contribution in [-0.4, -0.2) is 59.7 Å². The van der Waals surface area contributed by atoms with Crippen LogP contribution in [0.25, 0.3) is 0 Å². The third-order valence-electron chi connectivity index (χ3n) is 4.86. The molecule has 1 amide bonds. The Morgan fingerprint density at radius 1 is 1.16 bits per heavy atom. The summed E-state index contributed by atoms with van der Waals surface area (Å²) in [5, 5.41) is 12.2. The topological polar surface area (TPSA) is 93.0 Å². The highest BCUT2D eigenvalue weighted by molar-refractivity contribution is 8.00. The minimum absolute atomic E-state index is 0.0439. The molecular weight excluding hydrogens is 454 g/mol. The summed E-state index contributed by atoms with van der Waals surface area (Å²) >= 11 is 7.09. The maximum absolute atomic E-state index is 13.0. The van der Waals surface area contributed by atoms with Gasteiger partial charge >= 0.3 is 5.97 Å². The van der Waals surface area contributed by atoms with E-state index in [1.807, 2.05) is 24.3 Å². The van der Waals surface area contributed by atoms with Gasteiger partial charge in [-0.25, -0.2) is 0 Å². The summed E-state index contributed by atoms with van der Waals surface area (Å²) < 4.78 is 5.06. The van der Waals surface area contributed by atoms with Crippen molar-refractivity contribution >= 4 is 46.6 Å². The fourth-order valence-electron chi connectivity index (χ4n) is 3.37. The zero-order valence-electron chi connectivity index (χ0n) is 17.8. The van der Waals surface area contributed by atoms with Gasteiger partial charge < -0.3 is 14.5 Å². The molecule has 0 aliphatic carbocycles. The molecule has 1 heterocycles. The maximum atomic E-state index is 13.0. The van der Waals surface area contributed by atoms with E-state index in [2.05, 4.69) is 4.90 Å². The molecule has 0 N–H and O–H groups in total. The smallest absolute Gasteiger partial charge is 0.316 e. The van der Waals surface area contributed by atoms with Gasteiger partial charge in [0.2, 0.25) is 0 Å². The van der Waals surface area contributed by atoms with Crippen LogP contribution >= 0.6 is 23.4 Å². The van der Waals surface area contributed by atoms with E-state index < -0.39 is 10.9 Å². The van der Waals surface area contributed by atoms with Crippen LogP contribution in [0.1, 0.15) is 24.2 Å². The van der Waals surface area contributed by atoms with E-state index in [9.17, 15) is 19.7 Å². The lowest BCUT2D eigenvalue weighted by molar-refractivity contribution is -0.387. The predicted molar refractivity (Wildman–Crippen MR) is 125 cm³/mol. The molecule has 0 bridgehead atoms. The number of benzene rings is 2. The van der Waals surface area contributed by atoms with Crippen molar-refractivity contribution in [2.45, 2.75) is 24.8 Å². The third kappa shape index (κ3) is 6.14.